The smallest absolute Gasteiger partial charge is 0.416 e. The molecule has 2 N–H and O–H groups in total. The number of aromatic nitrogens is 4. The number of halogens is 3. The van der Waals surface area contributed by atoms with Gasteiger partial charge in [0, 0.05) is 17.3 Å². The van der Waals surface area contributed by atoms with Crippen molar-refractivity contribution in [3.63, 3.8) is 0 Å². The predicted octanol–water partition coefficient (Wildman–Crippen LogP) is 3.64. The molecule has 0 spiro atoms. The number of benzene rings is 2. The standard InChI is InChI=1S/C15H12F3N5O/c1-24-11-6-7-12(14-20-22-23-21-14)13(8-11)19-10-4-2-9(3-5-10)15(16,17)18/h2-8,19H,1H3,(H,20,21,22,23). The van der Waals surface area contributed by atoms with E-state index in [0.29, 0.717) is 28.5 Å². The van der Waals surface area contributed by atoms with Gasteiger partial charge in [-0.05, 0) is 41.6 Å². The Morgan fingerprint density at radius 3 is 2.42 bits per heavy atom. The molecule has 1 aromatic heterocycles. The number of hydrogen-bond acceptors (Lipinski definition) is 5. The third-order valence-electron chi connectivity index (χ3n) is 3.30. The van der Waals surface area contributed by atoms with Crippen molar-refractivity contribution in [3.05, 3.63) is 48.0 Å². The Morgan fingerprint density at radius 2 is 1.83 bits per heavy atom. The van der Waals surface area contributed by atoms with Crippen molar-refractivity contribution in [2.75, 3.05) is 12.4 Å². The lowest BCUT2D eigenvalue weighted by atomic mass is 10.1. The molecule has 0 bridgehead atoms. The summed E-state index contributed by atoms with van der Waals surface area (Å²) in [6.45, 7) is 0. The molecule has 0 atom stereocenters. The van der Waals surface area contributed by atoms with Crippen molar-refractivity contribution in [1.29, 1.82) is 0 Å². The summed E-state index contributed by atoms with van der Waals surface area (Å²) in [5.41, 5.74) is 0.984. The minimum atomic E-state index is -4.37. The van der Waals surface area contributed by atoms with Crippen LogP contribution in [-0.2, 0) is 6.18 Å². The zero-order valence-corrected chi connectivity index (χ0v) is 12.4. The van der Waals surface area contributed by atoms with Crippen LogP contribution in [0.25, 0.3) is 11.4 Å². The highest BCUT2D eigenvalue weighted by Gasteiger charge is 2.29. The van der Waals surface area contributed by atoms with Gasteiger partial charge in [-0.25, -0.2) is 0 Å². The molecule has 3 aromatic rings. The maximum Gasteiger partial charge on any atom is 0.416 e. The molecule has 24 heavy (non-hydrogen) atoms. The third-order valence-corrected chi connectivity index (χ3v) is 3.30. The monoisotopic (exact) mass is 335 g/mol. The van der Waals surface area contributed by atoms with E-state index in [9.17, 15) is 13.2 Å². The fourth-order valence-corrected chi connectivity index (χ4v) is 2.12. The van der Waals surface area contributed by atoms with Gasteiger partial charge in [-0.3, -0.25) is 0 Å². The average molecular weight is 335 g/mol. The van der Waals surface area contributed by atoms with Crippen molar-refractivity contribution in [3.8, 4) is 17.1 Å². The number of nitrogens with one attached hydrogen (secondary N) is 2. The zero-order chi connectivity index (χ0) is 17.2. The number of hydrogen-bond donors (Lipinski definition) is 2. The van der Waals surface area contributed by atoms with Crippen LogP contribution >= 0.6 is 0 Å². The van der Waals surface area contributed by atoms with Crippen LogP contribution in [0.4, 0.5) is 24.5 Å². The number of methoxy groups -OCH3 is 1. The minimum absolute atomic E-state index is 0.354. The Kier molecular flexibility index (Phi) is 4.07. The second kappa shape index (κ2) is 6.19. The molecule has 1 heterocycles. The molecule has 9 heteroatoms. The molecule has 0 aliphatic carbocycles. The van der Waals surface area contributed by atoms with E-state index in [1.54, 1.807) is 18.2 Å². The number of aromatic amines is 1. The van der Waals surface area contributed by atoms with Crippen LogP contribution in [0, 0.1) is 0 Å². The van der Waals surface area contributed by atoms with E-state index in [4.69, 9.17) is 4.74 Å². The van der Waals surface area contributed by atoms with Crippen LogP contribution in [0.5, 0.6) is 5.75 Å². The van der Waals surface area contributed by atoms with Crippen LogP contribution in [0.2, 0.25) is 0 Å². The van der Waals surface area contributed by atoms with Gasteiger partial charge >= 0.3 is 6.18 Å². The molecule has 0 saturated heterocycles. The number of alkyl halides is 3. The van der Waals surface area contributed by atoms with Gasteiger partial charge in [0.25, 0.3) is 0 Å². The Morgan fingerprint density at radius 1 is 1.08 bits per heavy atom. The SMILES string of the molecule is COc1ccc(-c2nn[nH]n2)c(Nc2ccc(C(F)(F)F)cc2)c1. The van der Waals surface area contributed by atoms with Crippen LogP contribution in [0.3, 0.4) is 0 Å². The molecule has 124 valence electrons. The Hall–Kier alpha value is -3.10. The Labute approximate surface area is 134 Å². The maximum atomic E-state index is 12.6. The molecule has 3 rings (SSSR count). The summed E-state index contributed by atoms with van der Waals surface area (Å²) in [4.78, 5) is 0. The molecule has 0 unspecified atom stereocenters. The highest BCUT2D eigenvalue weighted by Crippen LogP contribution is 2.33. The second-order valence-electron chi connectivity index (χ2n) is 4.85. The van der Waals surface area contributed by atoms with Crippen molar-refractivity contribution in [1.82, 2.24) is 20.6 Å². The van der Waals surface area contributed by atoms with Gasteiger partial charge in [0.15, 0.2) is 0 Å². The summed E-state index contributed by atoms with van der Waals surface area (Å²) in [7, 11) is 1.52. The minimum Gasteiger partial charge on any atom is -0.497 e. The molecular weight excluding hydrogens is 323 g/mol. The first-order chi connectivity index (χ1) is 11.5. The lowest BCUT2D eigenvalue weighted by molar-refractivity contribution is -0.137. The van der Waals surface area contributed by atoms with E-state index in [1.807, 2.05) is 0 Å². The molecule has 0 aliphatic rings. The summed E-state index contributed by atoms with van der Waals surface area (Å²) >= 11 is 0. The zero-order valence-electron chi connectivity index (χ0n) is 12.4. The largest absolute Gasteiger partial charge is 0.497 e. The van der Waals surface area contributed by atoms with Gasteiger partial charge in [-0.1, -0.05) is 0 Å². The number of nitrogens with zero attached hydrogens (tertiary/aromatic N) is 3. The number of rotatable bonds is 4. The van der Waals surface area contributed by atoms with Crippen LogP contribution < -0.4 is 10.1 Å². The van der Waals surface area contributed by atoms with Crippen molar-refractivity contribution < 1.29 is 17.9 Å². The predicted molar refractivity (Wildman–Crippen MR) is 80.9 cm³/mol. The first kappa shape index (κ1) is 15.8. The topological polar surface area (TPSA) is 75.7 Å². The van der Waals surface area contributed by atoms with Crippen molar-refractivity contribution in [2.24, 2.45) is 0 Å². The van der Waals surface area contributed by atoms with Gasteiger partial charge in [-0.2, -0.15) is 18.4 Å². The fraction of sp³-hybridized carbons (Fsp3) is 0.133. The molecule has 0 amide bonds. The fourth-order valence-electron chi connectivity index (χ4n) is 2.12. The summed E-state index contributed by atoms with van der Waals surface area (Å²) in [5, 5.41) is 16.7. The molecular formula is C15H12F3N5O. The molecule has 6 nitrogen and oxygen atoms in total. The van der Waals surface area contributed by atoms with E-state index >= 15 is 0 Å². The Balaban J connectivity index is 1.94. The summed E-state index contributed by atoms with van der Waals surface area (Å²) in [6.07, 6.45) is -4.37. The normalized spacial score (nSPS) is 11.3. The number of anilines is 2. The first-order valence-corrected chi connectivity index (χ1v) is 6.83. The molecule has 2 aromatic carbocycles. The van der Waals surface area contributed by atoms with Crippen LogP contribution in [-0.4, -0.2) is 27.7 Å². The molecule has 0 aliphatic heterocycles. The van der Waals surface area contributed by atoms with Crippen LogP contribution in [0.1, 0.15) is 5.56 Å². The van der Waals surface area contributed by atoms with Gasteiger partial charge in [0.1, 0.15) is 5.75 Å². The number of H-pyrrole nitrogens is 1. The quantitative estimate of drug-likeness (QED) is 0.761. The maximum absolute atomic E-state index is 12.6. The highest BCUT2D eigenvalue weighted by atomic mass is 19.4. The summed E-state index contributed by atoms with van der Waals surface area (Å²) in [6, 6.07) is 9.88. The lowest BCUT2D eigenvalue weighted by Crippen LogP contribution is -2.04. The number of tetrazole rings is 1. The summed E-state index contributed by atoms with van der Waals surface area (Å²) in [5.74, 6) is 0.934. The number of ether oxygens (including phenoxy) is 1. The molecule has 0 saturated carbocycles. The lowest BCUT2D eigenvalue weighted by Gasteiger charge is -2.13. The van der Waals surface area contributed by atoms with E-state index in [1.165, 1.54) is 19.2 Å². The van der Waals surface area contributed by atoms with Crippen molar-refractivity contribution >= 4 is 11.4 Å². The highest BCUT2D eigenvalue weighted by molar-refractivity contribution is 5.78. The molecule has 0 radical (unpaired) electrons. The first-order valence-electron chi connectivity index (χ1n) is 6.83. The molecule has 0 fully saturated rings. The van der Waals surface area contributed by atoms with E-state index in [0.717, 1.165) is 12.1 Å². The van der Waals surface area contributed by atoms with Gasteiger partial charge in [0.2, 0.25) is 5.82 Å². The van der Waals surface area contributed by atoms with Crippen molar-refractivity contribution in [2.45, 2.75) is 6.18 Å². The van der Waals surface area contributed by atoms with Gasteiger partial charge < -0.3 is 10.1 Å². The van der Waals surface area contributed by atoms with E-state index in [2.05, 4.69) is 25.9 Å². The second-order valence-corrected chi connectivity index (χ2v) is 4.85. The average Bonchev–Trinajstić information content (AvgIpc) is 3.08. The third kappa shape index (κ3) is 3.29. The summed E-state index contributed by atoms with van der Waals surface area (Å²) < 4.78 is 43.1. The van der Waals surface area contributed by atoms with Crippen LogP contribution in [0.15, 0.2) is 42.5 Å². The van der Waals surface area contributed by atoms with Gasteiger partial charge in [-0.15, -0.1) is 10.2 Å². The van der Waals surface area contributed by atoms with Gasteiger partial charge in [0.05, 0.1) is 18.4 Å². The van der Waals surface area contributed by atoms with E-state index in [-0.39, 0.29) is 0 Å². The Bertz CT molecular complexity index is 816. The van der Waals surface area contributed by atoms with E-state index < -0.39 is 11.7 Å².